The van der Waals surface area contributed by atoms with Gasteiger partial charge >= 0.3 is 0 Å². The lowest BCUT2D eigenvalue weighted by Gasteiger charge is -2.34. The van der Waals surface area contributed by atoms with Crippen molar-refractivity contribution in [3.63, 3.8) is 0 Å². The van der Waals surface area contributed by atoms with Crippen molar-refractivity contribution in [2.45, 2.75) is 43.3 Å². The molecule has 0 saturated heterocycles. The number of hydrogen-bond donors (Lipinski definition) is 1. The van der Waals surface area contributed by atoms with E-state index < -0.39 is 46.4 Å². The molecule has 0 aliphatic heterocycles. The molecular weight excluding hydrogens is 802 g/mol. The lowest BCUT2D eigenvalue weighted by atomic mass is 9.80. The third-order valence-corrected chi connectivity index (χ3v) is 8.14. The van der Waals surface area contributed by atoms with Crippen molar-refractivity contribution in [2.24, 2.45) is 0 Å². The van der Waals surface area contributed by atoms with Crippen molar-refractivity contribution in [3.05, 3.63) is 142 Å². The maximum atomic E-state index is 14.4. The largest absolute Gasteiger partial charge is 0.382 e. The van der Waals surface area contributed by atoms with Crippen LogP contribution in [-0.2, 0) is 18.7 Å². The first-order valence-electron chi connectivity index (χ1n) is 14.8. The lowest BCUT2D eigenvalue weighted by Crippen LogP contribution is -2.38. The highest BCUT2D eigenvalue weighted by Crippen LogP contribution is 2.39. The summed E-state index contributed by atoms with van der Waals surface area (Å²) in [5, 5.41) is 19.1. The predicted octanol–water partition coefficient (Wildman–Crippen LogP) is 6.86. The van der Waals surface area contributed by atoms with Crippen LogP contribution in [0.4, 0.5) is 22.0 Å². The quantitative estimate of drug-likeness (QED) is 0.0710. The Bertz CT molecular complexity index is 2100. The number of aliphatic hydroxyl groups is 1. The second-order valence-corrected chi connectivity index (χ2v) is 12.9. The van der Waals surface area contributed by atoms with Crippen LogP contribution < -0.4 is 0 Å². The first-order chi connectivity index (χ1) is 24.7. The van der Waals surface area contributed by atoms with E-state index in [1.165, 1.54) is 59.5 Å². The molecular formula is C32H26BrCl2F5N10O2. The van der Waals surface area contributed by atoms with Crippen LogP contribution in [0.2, 0.25) is 10.3 Å². The summed E-state index contributed by atoms with van der Waals surface area (Å²) in [7, 11) is 0. The van der Waals surface area contributed by atoms with Crippen molar-refractivity contribution >= 4 is 44.9 Å². The van der Waals surface area contributed by atoms with Crippen LogP contribution in [0.25, 0.3) is 0 Å². The molecule has 0 aliphatic carbocycles. The molecule has 20 heteroatoms. The fourth-order valence-corrected chi connectivity index (χ4v) is 5.20. The van der Waals surface area contributed by atoms with E-state index in [-0.39, 0.29) is 45.0 Å². The molecule has 1 N–H and O–H groups in total. The number of carbonyl (C=O) groups excluding carboxylic acids is 1. The Balaban J connectivity index is 0.000000191. The average molecular weight is 828 g/mol. The zero-order chi connectivity index (χ0) is 38.0. The number of benzene rings is 2. The van der Waals surface area contributed by atoms with Gasteiger partial charge in [0.15, 0.2) is 16.8 Å². The van der Waals surface area contributed by atoms with Gasteiger partial charge in [0.25, 0.3) is 0 Å². The number of alkyl halides is 1. The standard InChI is InChI=1S/C16H14ClF2N5O.C10H7F2N3O.C6H5BrClFN2/c1-10(14-5-15(17)22-8-21-14)16(25,6-24-9-20-7-23-24)12-3-2-11(18)4-13(12)19;11-7-1-2-8(9(12)3-7)10(16)4-15-6-13-5-14-15;1-3(7)5-4(9)6(8)11-2-10-5/h2-5,7-10,25H,6H2,1H3;1-3,5-6H,4H2;2-3H,1H3. The van der Waals surface area contributed by atoms with Gasteiger partial charge in [-0.15, -0.1) is 0 Å². The molecule has 3 atom stereocenters. The second kappa shape index (κ2) is 18.1. The average Bonchev–Trinajstić information content (AvgIpc) is 3.81. The van der Waals surface area contributed by atoms with E-state index in [1.54, 1.807) is 13.8 Å². The highest BCUT2D eigenvalue weighted by atomic mass is 79.9. The molecule has 0 bridgehead atoms. The fourth-order valence-electron chi connectivity index (χ4n) is 4.59. The summed E-state index contributed by atoms with van der Waals surface area (Å²) in [4.78, 5) is 34.0. The SMILES string of the molecule is CC(Br)c1ncnc(Cl)c1F.CC(c1cc(Cl)ncn1)C(O)(Cn1cncn1)c1ccc(F)cc1F.O=C(Cn1cncn1)c1ccc(F)cc1F. The van der Waals surface area contributed by atoms with Crippen molar-refractivity contribution in [3.8, 4) is 0 Å². The number of hydrogen-bond acceptors (Lipinski definition) is 10. The molecule has 2 aromatic carbocycles. The van der Waals surface area contributed by atoms with E-state index in [0.717, 1.165) is 24.3 Å². The molecule has 0 radical (unpaired) electrons. The molecule has 3 unspecified atom stereocenters. The van der Waals surface area contributed by atoms with Crippen LogP contribution in [0.15, 0.2) is 80.4 Å². The second-order valence-electron chi connectivity index (χ2n) is 10.7. The monoisotopic (exact) mass is 826 g/mol. The van der Waals surface area contributed by atoms with Crippen LogP contribution in [0.3, 0.4) is 0 Å². The van der Waals surface area contributed by atoms with Gasteiger partial charge in [-0.3, -0.25) is 4.79 Å². The number of rotatable bonds is 9. The number of Topliss-reactive ketones (excluding diaryl/α,β-unsaturated/α-hetero) is 1. The van der Waals surface area contributed by atoms with E-state index in [1.807, 2.05) is 0 Å². The van der Waals surface area contributed by atoms with Crippen molar-refractivity contribution < 1.29 is 31.9 Å². The van der Waals surface area contributed by atoms with Gasteiger partial charge in [-0.05, 0) is 31.2 Å². The summed E-state index contributed by atoms with van der Waals surface area (Å²) in [6.45, 7) is 3.20. The molecule has 0 saturated carbocycles. The zero-order valence-electron chi connectivity index (χ0n) is 26.9. The van der Waals surface area contributed by atoms with Crippen molar-refractivity contribution in [1.82, 2.24) is 49.5 Å². The van der Waals surface area contributed by atoms with Gasteiger partial charge in [0.05, 0.1) is 28.3 Å². The van der Waals surface area contributed by atoms with Gasteiger partial charge in [0.1, 0.15) is 78.5 Å². The van der Waals surface area contributed by atoms with Gasteiger partial charge in [0, 0.05) is 23.6 Å². The smallest absolute Gasteiger partial charge is 0.187 e. The summed E-state index contributed by atoms with van der Waals surface area (Å²) in [6.07, 6.45) is 7.80. The van der Waals surface area contributed by atoms with Crippen LogP contribution >= 0.6 is 39.1 Å². The van der Waals surface area contributed by atoms with Gasteiger partial charge in [-0.1, -0.05) is 52.1 Å². The summed E-state index contributed by atoms with van der Waals surface area (Å²) in [5.41, 5.74) is -1.32. The summed E-state index contributed by atoms with van der Waals surface area (Å²) in [5.74, 6) is -4.92. The van der Waals surface area contributed by atoms with Gasteiger partial charge in [-0.25, -0.2) is 61.2 Å². The topological polar surface area (TPSA) is 150 Å². The number of aromatic nitrogens is 10. The highest BCUT2D eigenvalue weighted by molar-refractivity contribution is 9.09. The molecule has 6 aromatic rings. The van der Waals surface area contributed by atoms with Crippen LogP contribution in [0.5, 0.6) is 0 Å². The zero-order valence-corrected chi connectivity index (χ0v) is 30.0. The Kier molecular flexibility index (Phi) is 13.9. The molecule has 4 heterocycles. The summed E-state index contributed by atoms with van der Waals surface area (Å²) >= 11 is 14.5. The van der Waals surface area contributed by atoms with E-state index >= 15 is 0 Å². The first-order valence-corrected chi connectivity index (χ1v) is 16.4. The summed E-state index contributed by atoms with van der Waals surface area (Å²) in [6, 6.07) is 7.34. The summed E-state index contributed by atoms with van der Waals surface area (Å²) < 4.78 is 69.2. The van der Waals surface area contributed by atoms with E-state index in [2.05, 4.69) is 56.0 Å². The molecule has 52 heavy (non-hydrogen) atoms. The first kappa shape index (κ1) is 40.0. The number of carbonyl (C=O) groups is 1. The molecule has 0 fully saturated rings. The number of nitrogens with zero attached hydrogens (tertiary/aromatic N) is 10. The Labute approximate surface area is 310 Å². The molecule has 12 nitrogen and oxygen atoms in total. The normalized spacial score (nSPS) is 13.1. The van der Waals surface area contributed by atoms with Gasteiger partial charge in [0.2, 0.25) is 0 Å². The minimum atomic E-state index is -1.77. The van der Waals surface area contributed by atoms with Gasteiger partial charge in [-0.2, -0.15) is 10.2 Å². The third kappa shape index (κ3) is 10.4. The van der Waals surface area contributed by atoms with Crippen molar-refractivity contribution in [2.75, 3.05) is 0 Å². The molecule has 6 rings (SSSR count). The minimum Gasteiger partial charge on any atom is -0.382 e. The van der Waals surface area contributed by atoms with Gasteiger partial charge < -0.3 is 5.11 Å². The molecule has 0 spiro atoms. The van der Waals surface area contributed by atoms with Crippen LogP contribution in [0.1, 0.15) is 51.9 Å². The molecule has 0 aliphatic rings. The van der Waals surface area contributed by atoms with E-state index in [4.69, 9.17) is 23.2 Å². The maximum absolute atomic E-state index is 14.4. The molecule has 0 amide bonds. The maximum Gasteiger partial charge on any atom is 0.187 e. The molecule has 4 aromatic heterocycles. The lowest BCUT2D eigenvalue weighted by molar-refractivity contribution is -0.0123. The Morgan fingerprint density at radius 2 is 1.44 bits per heavy atom. The Morgan fingerprint density at radius 3 is 2.00 bits per heavy atom. The van der Waals surface area contributed by atoms with E-state index in [9.17, 15) is 31.9 Å². The van der Waals surface area contributed by atoms with E-state index in [0.29, 0.717) is 11.8 Å². The Hall–Kier alpha value is -4.78. The number of halogens is 8. The van der Waals surface area contributed by atoms with Crippen molar-refractivity contribution in [1.29, 1.82) is 0 Å². The minimum absolute atomic E-state index is 0.0772. The Morgan fingerprint density at radius 1 is 0.827 bits per heavy atom. The number of ketones is 1. The molecule has 272 valence electrons. The predicted molar refractivity (Wildman–Crippen MR) is 181 cm³/mol. The van der Waals surface area contributed by atoms with Crippen LogP contribution in [0, 0.1) is 29.1 Å². The highest BCUT2D eigenvalue weighted by Gasteiger charge is 2.40. The fraction of sp³-hybridized carbons (Fsp3) is 0.219. The third-order valence-electron chi connectivity index (χ3n) is 7.24. The van der Waals surface area contributed by atoms with Crippen LogP contribution in [-0.4, -0.2) is 60.4 Å².